The van der Waals surface area contributed by atoms with Crippen LogP contribution in [0.4, 0.5) is 11.6 Å². The van der Waals surface area contributed by atoms with Crippen LogP contribution < -0.4 is 15.1 Å². The van der Waals surface area contributed by atoms with E-state index in [2.05, 4.69) is 46.2 Å². The van der Waals surface area contributed by atoms with Gasteiger partial charge in [0.2, 0.25) is 5.91 Å². The predicted molar refractivity (Wildman–Crippen MR) is 119 cm³/mol. The molecule has 2 aliphatic heterocycles. The fourth-order valence-electron chi connectivity index (χ4n) is 4.36. The molecule has 0 aliphatic carbocycles. The Hall–Kier alpha value is -3.56. The highest BCUT2D eigenvalue weighted by Crippen LogP contribution is 2.23. The Morgan fingerprint density at radius 3 is 2.47 bits per heavy atom. The van der Waals surface area contributed by atoms with Crippen LogP contribution in [0.25, 0.3) is 5.82 Å². The molecule has 0 spiro atoms. The highest BCUT2D eigenvalue weighted by Gasteiger charge is 2.26. The standard InChI is InChI=1S/C22H27N9O/c32-22(25-13-17-3-6-24-19(11-17)29-7-1-2-8-29)18-4-9-30(10-5-18)20-12-21(27-15-26-20)31-16-23-14-28-31/h3,6,11-12,14-16,18H,1-2,4-5,7-10,13H2,(H,25,32). The molecule has 0 aromatic carbocycles. The monoisotopic (exact) mass is 433 g/mol. The maximum absolute atomic E-state index is 12.8. The molecule has 0 atom stereocenters. The highest BCUT2D eigenvalue weighted by molar-refractivity contribution is 5.79. The quantitative estimate of drug-likeness (QED) is 0.625. The van der Waals surface area contributed by atoms with Crippen LogP contribution in [0.15, 0.2) is 43.4 Å². The average molecular weight is 434 g/mol. The maximum Gasteiger partial charge on any atom is 0.223 e. The molecule has 1 amide bonds. The molecule has 5 rings (SSSR count). The van der Waals surface area contributed by atoms with Gasteiger partial charge in [0.1, 0.15) is 30.6 Å². The van der Waals surface area contributed by atoms with E-state index in [4.69, 9.17) is 0 Å². The molecule has 2 fully saturated rings. The van der Waals surface area contributed by atoms with Gasteiger partial charge in [0.05, 0.1) is 0 Å². The molecule has 1 N–H and O–H groups in total. The van der Waals surface area contributed by atoms with Gasteiger partial charge in [0.25, 0.3) is 0 Å². The summed E-state index contributed by atoms with van der Waals surface area (Å²) in [5.74, 6) is 2.67. The molecule has 0 radical (unpaired) electrons. The molecule has 0 saturated carbocycles. The number of rotatable bonds is 6. The van der Waals surface area contributed by atoms with Crippen LogP contribution in [-0.4, -0.2) is 61.8 Å². The van der Waals surface area contributed by atoms with E-state index in [9.17, 15) is 4.79 Å². The summed E-state index contributed by atoms with van der Waals surface area (Å²) in [5.41, 5.74) is 1.09. The molecule has 10 heteroatoms. The van der Waals surface area contributed by atoms with Crippen molar-refractivity contribution in [2.24, 2.45) is 5.92 Å². The molecular formula is C22H27N9O. The van der Waals surface area contributed by atoms with Gasteiger partial charge in [0.15, 0.2) is 5.82 Å². The van der Waals surface area contributed by atoms with Crippen molar-refractivity contribution in [2.75, 3.05) is 36.0 Å². The number of aromatic nitrogens is 6. The van der Waals surface area contributed by atoms with E-state index in [0.29, 0.717) is 12.4 Å². The summed E-state index contributed by atoms with van der Waals surface area (Å²) < 4.78 is 1.61. The van der Waals surface area contributed by atoms with Crippen molar-refractivity contribution >= 4 is 17.5 Å². The second-order valence-electron chi connectivity index (χ2n) is 8.27. The van der Waals surface area contributed by atoms with Gasteiger partial charge in [0, 0.05) is 50.9 Å². The van der Waals surface area contributed by atoms with Crippen LogP contribution >= 0.6 is 0 Å². The number of piperidine rings is 1. The Kier molecular flexibility index (Phi) is 5.91. The summed E-state index contributed by atoms with van der Waals surface area (Å²) in [5, 5.41) is 7.24. The summed E-state index contributed by atoms with van der Waals surface area (Å²) in [6.45, 7) is 4.22. The van der Waals surface area contributed by atoms with Crippen molar-refractivity contribution in [3.05, 3.63) is 48.9 Å². The number of hydrogen-bond acceptors (Lipinski definition) is 8. The number of nitrogens with zero attached hydrogens (tertiary/aromatic N) is 8. The first-order valence-electron chi connectivity index (χ1n) is 11.2. The van der Waals surface area contributed by atoms with Crippen molar-refractivity contribution in [1.29, 1.82) is 0 Å². The first kappa shape index (κ1) is 20.3. The van der Waals surface area contributed by atoms with E-state index in [1.807, 2.05) is 18.3 Å². The molecule has 0 bridgehead atoms. The topological polar surface area (TPSA) is 105 Å². The lowest BCUT2D eigenvalue weighted by Crippen LogP contribution is -2.40. The summed E-state index contributed by atoms with van der Waals surface area (Å²) in [6.07, 6.45) is 10.5. The number of carbonyl (C=O) groups is 1. The fourth-order valence-corrected chi connectivity index (χ4v) is 4.36. The van der Waals surface area contributed by atoms with Crippen molar-refractivity contribution in [1.82, 2.24) is 35.0 Å². The fraction of sp³-hybridized carbons (Fsp3) is 0.455. The third kappa shape index (κ3) is 4.53. The average Bonchev–Trinajstić information content (AvgIpc) is 3.58. The smallest absolute Gasteiger partial charge is 0.223 e. The van der Waals surface area contributed by atoms with Gasteiger partial charge in [-0.15, -0.1) is 0 Å². The van der Waals surface area contributed by atoms with Gasteiger partial charge in [-0.3, -0.25) is 4.79 Å². The molecule has 10 nitrogen and oxygen atoms in total. The molecular weight excluding hydrogens is 406 g/mol. The Morgan fingerprint density at radius 1 is 0.938 bits per heavy atom. The normalized spacial score (nSPS) is 17.0. The van der Waals surface area contributed by atoms with E-state index in [-0.39, 0.29) is 11.8 Å². The van der Waals surface area contributed by atoms with Crippen LogP contribution in [0.3, 0.4) is 0 Å². The summed E-state index contributed by atoms with van der Waals surface area (Å²) >= 11 is 0. The zero-order valence-electron chi connectivity index (χ0n) is 18.0. The van der Waals surface area contributed by atoms with E-state index < -0.39 is 0 Å². The van der Waals surface area contributed by atoms with Crippen molar-refractivity contribution in [2.45, 2.75) is 32.2 Å². The maximum atomic E-state index is 12.8. The Labute approximate surface area is 186 Å². The van der Waals surface area contributed by atoms with Gasteiger partial charge >= 0.3 is 0 Å². The van der Waals surface area contributed by atoms with Gasteiger partial charge in [-0.05, 0) is 43.4 Å². The molecule has 2 aliphatic rings. The predicted octanol–water partition coefficient (Wildman–Crippen LogP) is 1.59. The lowest BCUT2D eigenvalue weighted by atomic mass is 9.96. The number of carbonyl (C=O) groups excluding carboxylic acids is 1. The van der Waals surface area contributed by atoms with Crippen molar-refractivity contribution < 1.29 is 4.79 Å². The van der Waals surface area contributed by atoms with Crippen molar-refractivity contribution in [3.8, 4) is 5.82 Å². The molecule has 166 valence electrons. The van der Waals surface area contributed by atoms with E-state index in [1.54, 1.807) is 11.0 Å². The number of amides is 1. The second kappa shape index (κ2) is 9.29. The van der Waals surface area contributed by atoms with Crippen LogP contribution in [-0.2, 0) is 11.3 Å². The first-order valence-corrected chi connectivity index (χ1v) is 11.2. The Morgan fingerprint density at radius 2 is 1.69 bits per heavy atom. The Balaban J connectivity index is 1.13. The van der Waals surface area contributed by atoms with E-state index >= 15 is 0 Å². The summed E-state index contributed by atoms with van der Waals surface area (Å²) in [4.78, 5) is 34.4. The minimum atomic E-state index is 0.0164. The molecule has 2 saturated heterocycles. The van der Waals surface area contributed by atoms with E-state index in [1.165, 1.54) is 25.5 Å². The van der Waals surface area contributed by atoms with Crippen LogP contribution in [0.2, 0.25) is 0 Å². The summed E-state index contributed by atoms with van der Waals surface area (Å²) in [7, 11) is 0. The summed E-state index contributed by atoms with van der Waals surface area (Å²) in [6, 6.07) is 5.97. The largest absolute Gasteiger partial charge is 0.357 e. The number of hydrogen-bond donors (Lipinski definition) is 1. The van der Waals surface area contributed by atoms with Gasteiger partial charge in [-0.25, -0.2) is 24.6 Å². The molecule has 5 heterocycles. The lowest BCUT2D eigenvalue weighted by Gasteiger charge is -2.32. The highest BCUT2D eigenvalue weighted by atomic mass is 16.1. The minimum absolute atomic E-state index is 0.0164. The first-order chi connectivity index (χ1) is 15.8. The zero-order valence-corrected chi connectivity index (χ0v) is 18.0. The van der Waals surface area contributed by atoms with Crippen molar-refractivity contribution in [3.63, 3.8) is 0 Å². The molecule has 3 aromatic rings. The molecule has 0 unspecified atom stereocenters. The number of anilines is 2. The van der Waals surface area contributed by atoms with Gasteiger partial charge in [-0.2, -0.15) is 5.10 Å². The van der Waals surface area contributed by atoms with Crippen LogP contribution in [0.5, 0.6) is 0 Å². The third-order valence-corrected chi connectivity index (χ3v) is 6.19. The van der Waals surface area contributed by atoms with E-state index in [0.717, 1.165) is 56.2 Å². The number of pyridine rings is 1. The minimum Gasteiger partial charge on any atom is -0.357 e. The molecule has 32 heavy (non-hydrogen) atoms. The van der Waals surface area contributed by atoms with Crippen LogP contribution in [0.1, 0.15) is 31.2 Å². The lowest BCUT2D eigenvalue weighted by molar-refractivity contribution is -0.125. The SMILES string of the molecule is O=C(NCc1ccnc(N2CCCC2)c1)C1CCN(c2cc(-n3cncn3)ncn2)CC1. The zero-order chi connectivity index (χ0) is 21.8. The number of nitrogens with one attached hydrogen (secondary N) is 1. The second-order valence-corrected chi connectivity index (χ2v) is 8.27. The molecule has 3 aromatic heterocycles. The van der Waals surface area contributed by atoms with Gasteiger partial charge < -0.3 is 15.1 Å². The Bertz CT molecular complexity index is 1040. The van der Waals surface area contributed by atoms with Crippen LogP contribution in [0, 0.1) is 5.92 Å². The van der Waals surface area contributed by atoms with Gasteiger partial charge in [-0.1, -0.05) is 0 Å². The third-order valence-electron chi connectivity index (χ3n) is 6.19.